The van der Waals surface area contributed by atoms with Crippen molar-refractivity contribution in [1.29, 1.82) is 0 Å². The number of hydrogen-bond acceptors (Lipinski definition) is 4. The molecule has 0 aliphatic rings. The summed E-state index contributed by atoms with van der Waals surface area (Å²) in [6.07, 6.45) is -0.693. The van der Waals surface area contributed by atoms with Crippen LogP contribution in [0, 0.1) is 5.82 Å². The Bertz CT molecular complexity index is 1030. The number of carbonyl (C=O) groups is 2. The number of nitrogens with zero attached hydrogens (tertiary/aromatic N) is 1. The summed E-state index contributed by atoms with van der Waals surface area (Å²) >= 11 is 0. The lowest BCUT2D eigenvalue weighted by Gasteiger charge is -2.22. The Labute approximate surface area is 180 Å². The van der Waals surface area contributed by atoms with Gasteiger partial charge in [-0.05, 0) is 49.2 Å². The molecule has 0 aliphatic carbocycles. The maximum Gasteiger partial charge on any atom is 0.419 e. The van der Waals surface area contributed by atoms with Gasteiger partial charge in [-0.3, -0.25) is 10.2 Å². The molecule has 3 rings (SSSR count). The van der Waals surface area contributed by atoms with E-state index in [1.54, 1.807) is 31.2 Å². The van der Waals surface area contributed by atoms with Gasteiger partial charge in [0.2, 0.25) is 0 Å². The number of carbonyl (C=O) groups excluding carboxylic acids is 2. The second-order valence-electron chi connectivity index (χ2n) is 6.61. The molecule has 3 aromatic rings. The van der Waals surface area contributed by atoms with Crippen molar-refractivity contribution in [2.75, 3.05) is 23.4 Å². The van der Waals surface area contributed by atoms with Crippen molar-refractivity contribution in [1.82, 2.24) is 0 Å². The molecule has 0 aromatic heterocycles. The number of anilines is 2. The standard InChI is InChI=1S/C24H23FN2O4/c1-2-30-23(28)26-20-11-7-13-22(17-20)31-24(29)27(21-12-6-10-19(25)16-21)15-14-18-8-4-3-5-9-18/h3-13,16-17H,2,14-15H2,1H3,(H,26,28). The van der Waals surface area contributed by atoms with Crippen LogP contribution in [0.5, 0.6) is 5.75 Å². The molecule has 3 aromatic carbocycles. The topological polar surface area (TPSA) is 67.9 Å². The molecule has 160 valence electrons. The third-order valence-corrected chi connectivity index (χ3v) is 4.37. The molecule has 0 heterocycles. The van der Waals surface area contributed by atoms with E-state index in [-0.39, 0.29) is 12.4 Å². The molecule has 0 radical (unpaired) electrons. The van der Waals surface area contributed by atoms with Crippen molar-refractivity contribution in [3.8, 4) is 5.75 Å². The minimum atomic E-state index is -0.658. The van der Waals surface area contributed by atoms with Gasteiger partial charge in [-0.25, -0.2) is 14.0 Å². The monoisotopic (exact) mass is 422 g/mol. The van der Waals surface area contributed by atoms with E-state index >= 15 is 0 Å². The molecule has 0 bridgehead atoms. The Morgan fingerprint density at radius 3 is 2.48 bits per heavy atom. The van der Waals surface area contributed by atoms with Gasteiger partial charge >= 0.3 is 12.2 Å². The molecular formula is C24H23FN2O4. The van der Waals surface area contributed by atoms with Gasteiger partial charge in [0.15, 0.2) is 0 Å². The average Bonchev–Trinajstić information content (AvgIpc) is 2.75. The van der Waals surface area contributed by atoms with Crippen LogP contribution in [0.3, 0.4) is 0 Å². The van der Waals surface area contributed by atoms with Crippen LogP contribution < -0.4 is 15.0 Å². The van der Waals surface area contributed by atoms with E-state index in [9.17, 15) is 14.0 Å². The van der Waals surface area contributed by atoms with Crippen molar-refractivity contribution in [3.63, 3.8) is 0 Å². The van der Waals surface area contributed by atoms with Gasteiger partial charge in [0.1, 0.15) is 11.6 Å². The second-order valence-corrected chi connectivity index (χ2v) is 6.61. The first-order chi connectivity index (χ1) is 15.0. The van der Waals surface area contributed by atoms with Crippen LogP contribution in [-0.2, 0) is 11.2 Å². The molecule has 6 nitrogen and oxygen atoms in total. The highest BCUT2D eigenvalue weighted by atomic mass is 19.1. The molecule has 0 saturated heterocycles. The molecule has 1 N–H and O–H groups in total. The van der Waals surface area contributed by atoms with Crippen LogP contribution in [0.1, 0.15) is 12.5 Å². The zero-order valence-corrected chi connectivity index (χ0v) is 17.1. The van der Waals surface area contributed by atoms with E-state index in [1.165, 1.54) is 29.2 Å². The van der Waals surface area contributed by atoms with Crippen molar-refractivity contribution >= 4 is 23.6 Å². The number of rotatable bonds is 7. The average molecular weight is 422 g/mol. The summed E-state index contributed by atoms with van der Waals surface area (Å²) in [7, 11) is 0. The Hall–Kier alpha value is -3.87. The third-order valence-electron chi connectivity index (χ3n) is 4.37. The van der Waals surface area contributed by atoms with E-state index in [0.29, 0.717) is 24.3 Å². The Morgan fingerprint density at radius 1 is 0.968 bits per heavy atom. The molecule has 31 heavy (non-hydrogen) atoms. The highest BCUT2D eigenvalue weighted by molar-refractivity contribution is 5.89. The van der Waals surface area contributed by atoms with Crippen LogP contribution in [-0.4, -0.2) is 25.3 Å². The van der Waals surface area contributed by atoms with Gasteiger partial charge in [0, 0.05) is 24.0 Å². The summed E-state index contributed by atoms with van der Waals surface area (Å²) in [5.74, 6) is -0.212. The Kier molecular flexibility index (Phi) is 7.59. The molecule has 0 spiro atoms. The van der Waals surface area contributed by atoms with Gasteiger partial charge in [-0.15, -0.1) is 0 Å². The summed E-state index contributed by atoms with van der Waals surface area (Å²) in [6, 6.07) is 21.8. The maximum atomic E-state index is 13.8. The first-order valence-electron chi connectivity index (χ1n) is 9.88. The largest absolute Gasteiger partial charge is 0.450 e. The van der Waals surface area contributed by atoms with Crippen LogP contribution in [0.2, 0.25) is 0 Å². The normalized spacial score (nSPS) is 10.3. The Balaban J connectivity index is 1.76. The lowest BCUT2D eigenvalue weighted by molar-refractivity contribution is 0.168. The van der Waals surface area contributed by atoms with E-state index in [0.717, 1.165) is 5.56 Å². The molecule has 0 unspecified atom stereocenters. The van der Waals surface area contributed by atoms with E-state index < -0.39 is 18.0 Å². The smallest absolute Gasteiger partial charge is 0.419 e. The Morgan fingerprint density at radius 2 is 1.74 bits per heavy atom. The number of hydrogen-bond donors (Lipinski definition) is 1. The van der Waals surface area contributed by atoms with Crippen molar-refractivity contribution < 1.29 is 23.5 Å². The van der Waals surface area contributed by atoms with Crippen molar-refractivity contribution in [2.45, 2.75) is 13.3 Å². The van der Waals surface area contributed by atoms with Gasteiger partial charge in [-0.2, -0.15) is 0 Å². The zero-order valence-electron chi connectivity index (χ0n) is 17.1. The molecule has 0 aliphatic heterocycles. The zero-order chi connectivity index (χ0) is 22.1. The van der Waals surface area contributed by atoms with Crippen molar-refractivity contribution in [2.24, 2.45) is 0 Å². The maximum absolute atomic E-state index is 13.8. The number of nitrogens with one attached hydrogen (secondary N) is 1. The fraction of sp³-hybridized carbons (Fsp3) is 0.167. The highest BCUT2D eigenvalue weighted by Gasteiger charge is 2.19. The van der Waals surface area contributed by atoms with Gasteiger partial charge in [0.25, 0.3) is 0 Å². The summed E-state index contributed by atoms with van der Waals surface area (Å²) in [5, 5.41) is 2.56. The summed E-state index contributed by atoms with van der Waals surface area (Å²) < 4.78 is 24.1. The highest BCUT2D eigenvalue weighted by Crippen LogP contribution is 2.22. The fourth-order valence-corrected chi connectivity index (χ4v) is 2.93. The van der Waals surface area contributed by atoms with Crippen LogP contribution in [0.15, 0.2) is 78.9 Å². The number of amides is 2. The predicted molar refractivity (Wildman–Crippen MR) is 117 cm³/mol. The lowest BCUT2D eigenvalue weighted by atomic mass is 10.1. The summed E-state index contributed by atoms with van der Waals surface area (Å²) in [6.45, 7) is 2.24. The number of benzene rings is 3. The SMILES string of the molecule is CCOC(=O)Nc1cccc(OC(=O)N(CCc2ccccc2)c2cccc(F)c2)c1. The quantitative estimate of drug-likeness (QED) is 0.535. The second kappa shape index (κ2) is 10.8. The number of halogens is 1. The molecule has 7 heteroatoms. The van der Waals surface area contributed by atoms with E-state index in [1.807, 2.05) is 30.3 Å². The van der Waals surface area contributed by atoms with Crippen LogP contribution in [0.25, 0.3) is 0 Å². The minimum Gasteiger partial charge on any atom is -0.450 e. The summed E-state index contributed by atoms with van der Waals surface area (Å²) in [4.78, 5) is 25.9. The first-order valence-corrected chi connectivity index (χ1v) is 9.88. The van der Waals surface area contributed by atoms with Gasteiger partial charge in [-0.1, -0.05) is 42.5 Å². The van der Waals surface area contributed by atoms with Gasteiger partial charge in [0.05, 0.1) is 6.61 Å². The van der Waals surface area contributed by atoms with Crippen molar-refractivity contribution in [3.05, 3.63) is 90.2 Å². The molecule has 0 atom stereocenters. The number of ether oxygens (including phenoxy) is 2. The lowest BCUT2D eigenvalue weighted by Crippen LogP contribution is -2.35. The fourth-order valence-electron chi connectivity index (χ4n) is 2.93. The van der Waals surface area contributed by atoms with Crippen LogP contribution in [0.4, 0.5) is 25.4 Å². The van der Waals surface area contributed by atoms with Crippen LogP contribution >= 0.6 is 0 Å². The third kappa shape index (κ3) is 6.57. The molecule has 0 saturated carbocycles. The summed E-state index contributed by atoms with van der Waals surface area (Å²) in [5.41, 5.74) is 1.85. The predicted octanol–water partition coefficient (Wildman–Crippen LogP) is 5.64. The van der Waals surface area contributed by atoms with E-state index in [4.69, 9.17) is 9.47 Å². The van der Waals surface area contributed by atoms with Gasteiger partial charge < -0.3 is 9.47 Å². The van der Waals surface area contributed by atoms with E-state index in [2.05, 4.69) is 5.32 Å². The molecule has 0 fully saturated rings. The molecule has 2 amide bonds. The molecular weight excluding hydrogens is 399 g/mol. The first kappa shape index (κ1) is 21.8. The minimum absolute atomic E-state index is 0.236.